The molecule has 0 radical (unpaired) electrons. The largest absolute Gasteiger partial charge is 0.340 e. The Hall–Kier alpha value is -1.01. The van der Waals surface area contributed by atoms with Gasteiger partial charge in [0.05, 0.1) is 17.9 Å². The first-order valence-electron chi connectivity index (χ1n) is 5.72. The van der Waals surface area contributed by atoms with Gasteiger partial charge in [0.2, 0.25) is 5.91 Å². The highest BCUT2D eigenvalue weighted by Gasteiger charge is 2.24. The molecule has 2 rings (SSSR count). The number of hydrogen-bond acceptors (Lipinski definition) is 4. The number of amides is 1. The molecule has 1 amide bonds. The van der Waals surface area contributed by atoms with Gasteiger partial charge in [-0.2, -0.15) is 0 Å². The SMILES string of the molecule is O=C(Cc1ccc(S)cc1)N1CCS(=O)(=O)CC1. The van der Waals surface area contributed by atoms with E-state index < -0.39 is 9.84 Å². The van der Waals surface area contributed by atoms with Gasteiger partial charge in [0.1, 0.15) is 0 Å². The highest BCUT2D eigenvalue weighted by atomic mass is 32.2. The molecule has 1 aromatic rings. The lowest BCUT2D eigenvalue weighted by atomic mass is 10.1. The van der Waals surface area contributed by atoms with E-state index in [1.54, 1.807) is 4.90 Å². The maximum absolute atomic E-state index is 12.0. The van der Waals surface area contributed by atoms with Crippen LogP contribution in [0.2, 0.25) is 0 Å². The van der Waals surface area contributed by atoms with E-state index in [1.807, 2.05) is 24.3 Å². The molecule has 6 heteroatoms. The van der Waals surface area contributed by atoms with Crippen molar-refractivity contribution in [3.63, 3.8) is 0 Å². The van der Waals surface area contributed by atoms with Crippen molar-refractivity contribution < 1.29 is 13.2 Å². The molecular weight excluding hydrogens is 270 g/mol. The van der Waals surface area contributed by atoms with Crippen LogP contribution < -0.4 is 0 Å². The highest BCUT2D eigenvalue weighted by molar-refractivity contribution is 7.91. The second kappa shape index (κ2) is 5.32. The molecule has 0 aromatic heterocycles. The summed E-state index contributed by atoms with van der Waals surface area (Å²) < 4.78 is 22.5. The van der Waals surface area contributed by atoms with Gasteiger partial charge in [0.25, 0.3) is 0 Å². The van der Waals surface area contributed by atoms with Gasteiger partial charge in [0.15, 0.2) is 9.84 Å². The third-order valence-electron chi connectivity index (χ3n) is 2.99. The summed E-state index contributed by atoms with van der Waals surface area (Å²) in [5.74, 6) is 0.139. The van der Waals surface area contributed by atoms with Crippen molar-refractivity contribution in [3.8, 4) is 0 Å². The van der Waals surface area contributed by atoms with Crippen molar-refractivity contribution in [3.05, 3.63) is 29.8 Å². The van der Waals surface area contributed by atoms with E-state index >= 15 is 0 Å². The quantitative estimate of drug-likeness (QED) is 0.817. The van der Waals surface area contributed by atoms with Crippen LogP contribution in [0.25, 0.3) is 0 Å². The summed E-state index contributed by atoms with van der Waals surface area (Å²) in [5, 5.41) is 0. The van der Waals surface area contributed by atoms with Crippen molar-refractivity contribution in [2.75, 3.05) is 24.6 Å². The molecule has 18 heavy (non-hydrogen) atoms. The predicted molar refractivity (Wildman–Crippen MR) is 72.6 cm³/mol. The Balaban J connectivity index is 1.95. The van der Waals surface area contributed by atoms with Crippen LogP contribution >= 0.6 is 12.6 Å². The maximum atomic E-state index is 12.0. The van der Waals surface area contributed by atoms with Gasteiger partial charge >= 0.3 is 0 Å². The van der Waals surface area contributed by atoms with E-state index in [1.165, 1.54) is 0 Å². The molecule has 0 spiro atoms. The summed E-state index contributed by atoms with van der Waals surface area (Å²) in [5.41, 5.74) is 0.922. The Kier molecular flexibility index (Phi) is 3.97. The van der Waals surface area contributed by atoms with Crippen LogP contribution in [0.15, 0.2) is 29.2 Å². The van der Waals surface area contributed by atoms with Gasteiger partial charge in [-0.3, -0.25) is 4.79 Å². The predicted octanol–water partition coefficient (Wildman–Crippen LogP) is 0.775. The van der Waals surface area contributed by atoms with Gasteiger partial charge in [-0.1, -0.05) is 12.1 Å². The average Bonchev–Trinajstić information content (AvgIpc) is 2.32. The van der Waals surface area contributed by atoms with Gasteiger partial charge in [-0.15, -0.1) is 12.6 Å². The van der Waals surface area contributed by atoms with Crippen LogP contribution in [0.1, 0.15) is 5.56 Å². The molecule has 0 atom stereocenters. The van der Waals surface area contributed by atoms with E-state index in [9.17, 15) is 13.2 Å². The molecule has 0 unspecified atom stereocenters. The smallest absolute Gasteiger partial charge is 0.227 e. The van der Waals surface area contributed by atoms with Crippen molar-refractivity contribution in [1.82, 2.24) is 4.90 Å². The van der Waals surface area contributed by atoms with Gasteiger partial charge in [0, 0.05) is 18.0 Å². The number of nitrogens with zero attached hydrogens (tertiary/aromatic N) is 1. The summed E-state index contributed by atoms with van der Waals surface area (Å²) in [7, 11) is -2.93. The number of rotatable bonds is 2. The Labute approximate surface area is 112 Å². The first kappa shape index (κ1) is 13.4. The van der Waals surface area contributed by atoms with Crippen LogP contribution in [-0.4, -0.2) is 43.8 Å². The van der Waals surface area contributed by atoms with E-state index in [0.717, 1.165) is 10.5 Å². The lowest BCUT2D eigenvalue weighted by Crippen LogP contribution is -2.44. The Bertz CT molecular complexity index is 523. The van der Waals surface area contributed by atoms with Crippen molar-refractivity contribution in [2.24, 2.45) is 0 Å². The molecule has 98 valence electrons. The fourth-order valence-corrected chi connectivity index (χ4v) is 3.21. The monoisotopic (exact) mass is 285 g/mol. The fourth-order valence-electron chi connectivity index (χ4n) is 1.86. The molecule has 4 nitrogen and oxygen atoms in total. The average molecular weight is 285 g/mol. The molecule has 0 N–H and O–H groups in total. The Morgan fingerprint density at radius 3 is 2.28 bits per heavy atom. The zero-order valence-corrected chi connectivity index (χ0v) is 11.6. The van der Waals surface area contributed by atoms with Crippen LogP contribution in [0, 0.1) is 0 Å². The van der Waals surface area contributed by atoms with Crippen LogP contribution in [-0.2, 0) is 21.1 Å². The minimum Gasteiger partial charge on any atom is -0.340 e. The van der Waals surface area contributed by atoms with Crippen molar-refractivity contribution >= 4 is 28.4 Å². The van der Waals surface area contributed by atoms with E-state index in [4.69, 9.17) is 0 Å². The zero-order chi connectivity index (χ0) is 13.2. The first-order chi connectivity index (χ1) is 8.46. The minimum absolute atomic E-state index is 0.0168. The third kappa shape index (κ3) is 3.49. The lowest BCUT2D eigenvalue weighted by Gasteiger charge is -2.26. The summed E-state index contributed by atoms with van der Waals surface area (Å²) in [4.78, 5) is 14.5. The Morgan fingerprint density at radius 1 is 1.17 bits per heavy atom. The van der Waals surface area contributed by atoms with Crippen LogP contribution in [0.5, 0.6) is 0 Å². The fraction of sp³-hybridized carbons (Fsp3) is 0.417. The number of carbonyl (C=O) groups excluding carboxylic acids is 1. The molecule has 0 saturated carbocycles. The molecule has 1 aliphatic heterocycles. The molecular formula is C12H15NO3S2. The summed E-state index contributed by atoms with van der Waals surface area (Å²) in [6.45, 7) is 0.623. The van der Waals surface area contributed by atoms with Crippen LogP contribution in [0.3, 0.4) is 0 Å². The Morgan fingerprint density at radius 2 is 1.72 bits per heavy atom. The van der Waals surface area contributed by atoms with Gasteiger partial charge in [-0.05, 0) is 17.7 Å². The number of carbonyl (C=O) groups is 1. The molecule has 1 fully saturated rings. The normalized spacial score (nSPS) is 18.6. The lowest BCUT2D eigenvalue weighted by molar-refractivity contribution is -0.130. The van der Waals surface area contributed by atoms with Crippen LogP contribution in [0.4, 0.5) is 0 Å². The minimum atomic E-state index is -2.93. The topological polar surface area (TPSA) is 54.5 Å². The molecule has 1 aliphatic rings. The molecule has 0 bridgehead atoms. The molecule has 1 saturated heterocycles. The van der Waals surface area contributed by atoms with Crippen molar-refractivity contribution in [2.45, 2.75) is 11.3 Å². The standard InChI is InChI=1S/C12H15NO3S2/c14-12(9-10-1-3-11(17)4-2-10)13-5-7-18(15,16)8-6-13/h1-4,17H,5-9H2. The highest BCUT2D eigenvalue weighted by Crippen LogP contribution is 2.11. The van der Waals surface area contributed by atoms with Gasteiger partial charge < -0.3 is 4.90 Å². The van der Waals surface area contributed by atoms with Gasteiger partial charge in [-0.25, -0.2) is 8.42 Å². The third-order valence-corrected chi connectivity index (χ3v) is 4.90. The first-order valence-corrected chi connectivity index (χ1v) is 7.99. The number of sulfone groups is 1. The number of thiol groups is 1. The maximum Gasteiger partial charge on any atom is 0.227 e. The second-order valence-electron chi connectivity index (χ2n) is 4.38. The molecule has 0 aliphatic carbocycles. The summed E-state index contributed by atoms with van der Waals surface area (Å²) >= 11 is 4.18. The van der Waals surface area contributed by atoms with E-state index in [0.29, 0.717) is 19.5 Å². The number of benzene rings is 1. The molecule has 1 aromatic carbocycles. The second-order valence-corrected chi connectivity index (χ2v) is 7.20. The molecule has 1 heterocycles. The van der Waals surface area contributed by atoms with Crippen molar-refractivity contribution in [1.29, 1.82) is 0 Å². The van der Waals surface area contributed by atoms with E-state index in [2.05, 4.69) is 12.6 Å². The number of hydrogen-bond donors (Lipinski definition) is 1. The zero-order valence-electron chi connectivity index (χ0n) is 9.87. The summed E-state index contributed by atoms with van der Waals surface area (Å²) in [6, 6.07) is 7.40. The summed E-state index contributed by atoms with van der Waals surface area (Å²) in [6.07, 6.45) is 0.314. The van der Waals surface area contributed by atoms with E-state index in [-0.39, 0.29) is 17.4 Å².